The first-order valence-corrected chi connectivity index (χ1v) is 12.5. The SMILES string of the molecule is COCCc1cc(C(N)=O)ccc1Nc1nc2cccc(-c3ccc(CC(=O)N4CCOCC4)cc3)c2o1. The molecule has 1 aliphatic rings. The van der Waals surface area contributed by atoms with Crippen molar-refractivity contribution in [1.29, 1.82) is 0 Å². The third-order valence-electron chi connectivity index (χ3n) is 6.61. The Balaban J connectivity index is 1.36. The first kappa shape index (κ1) is 25.4. The van der Waals surface area contributed by atoms with Gasteiger partial charge in [0.1, 0.15) is 5.52 Å². The van der Waals surface area contributed by atoms with Crippen LogP contribution in [0.25, 0.3) is 22.2 Å². The van der Waals surface area contributed by atoms with E-state index in [1.165, 1.54) is 0 Å². The molecule has 196 valence electrons. The molecule has 0 radical (unpaired) electrons. The number of hydrogen-bond donors (Lipinski definition) is 2. The standard InChI is InChI=1S/C29H30N4O5/c1-36-14-11-21-18-22(28(30)35)9-10-24(21)31-29-32-25-4-2-3-23(27(25)38-29)20-7-5-19(6-8-20)17-26(34)33-12-15-37-16-13-33/h2-10,18H,11-17H2,1H3,(H2,30,35)(H,31,32). The molecular weight excluding hydrogens is 484 g/mol. The Morgan fingerprint density at radius 1 is 1.08 bits per heavy atom. The number of carbonyl (C=O) groups is 2. The highest BCUT2D eigenvalue weighted by atomic mass is 16.5. The van der Waals surface area contributed by atoms with Gasteiger partial charge in [0.05, 0.1) is 26.2 Å². The molecule has 0 aliphatic carbocycles. The van der Waals surface area contributed by atoms with Gasteiger partial charge in [-0.3, -0.25) is 9.59 Å². The van der Waals surface area contributed by atoms with E-state index in [-0.39, 0.29) is 5.91 Å². The van der Waals surface area contributed by atoms with Crippen LogP contribution >= 0.6 is 0 Å². The Kier molecular flexibility index (Phi) is 7.67. The molecule has 1 aliphatic heterocycles. The summed E-state index contributed by atoms with van der Waals surface area (Å²) in [6, 6.07) is 19.3. The summed E-state index contributed by atoms with van der Waals surface area (Å²) in [4.78, 5) is 30.7. The number of fused-ring (bicyclic) bond motifs is 1. The smallest absolute Gasteiger partial charge is 0.300 e. The number of carbonyl (C=O) groups excluding carboxylic acids is 2. The zero-order valence-corrected chi connectivity index (χ0v) is 21.2. The fraction of sp³-hybridized carbons (Fsp3) is 0.276. The second kappa shape index (κ2) is 11.5. The maximum Gasteiger partial charge on any atom is 0.300 e. The van der Waals surface area contributed by atoms with Crippen LogP contribution in [0.2, 0.25) is 0 Å². The third kappa shape index (κ3) is 5.69. The van der Waals surface area contributed by atoms with Gasteiger partial charge >= 0.3 is 0 Å². The van der Waals surface area contributed by atoms with Gasteiger partial charge in [-0.05, 0) is 47.4 Å². The summed E-state index contributed by atoms with van der Waals surface area (Å²) in [6.07, 6.45) is 0.951. The molecule has 1 saturated heterocycles. The average Bonchev–Trinajstić information content (AvgIpc) is 3.36. The Morgan fingerprint density at radius 2 is 1.87 bits per heavy atom. The molecule has 2 amide bonds. The molecule has 0 spiro atoms. The van der Waals surface area contributed by atoms with Gasteiger partial charge in [0.25, 0.3) is 6.01 Å². The summed E-state index contributed by atoms with van der Waals surface area (Å²) >= 11 is 0. The van der Waals surface area contributed by atoms with Crippen LogP contribution in [0.4, 0.5) is 11.7 Å². The summed E-state index contributed by atoms with van der Waals surface area (Å²) in [5.41, 5.74) is 11.7. The van der Waals surface area contributed by atoms with Gasteiger partial charge in [-0.1, -0.05) is 36.4 Å². The Labute approximate surface area is 220 Å². The van der Waals surface area contributed by atoms with Gasteiger partial charge in [0.15, 0.2) is 5.58 Å². The second-order valence-corrected chi connectivity index (χ2v) is 9.14. The number of methoxy groups -OCH3 is 1. The van der Waals surface area contributed by atoms with E-state index in [2.05, 4.69) is 10.3 Å². The van der Waals surface area contributed by atoms with Gasteiger partial charge in [-0.25, -0.2) is 0 Å². The summed E-state index contributed by atoms with van der Waals surface area (Å²) in [7, 11) is 1.63. The molecule has 1 fully saturated rings. The molecular formula is C29H30N4O5. The molecule has 3 aromatic carbocycles. The maximum absolute atomic E-state index is 12.6. The van der Waals surface area contributed by atoms with E-state index in [1.807, 2.05) is 47.4 Å². The highest BCUT2D eigenvalue weighted by Crippen LogP contribution is 2.32. The number of aromatic nitrogens is 1. The number of nitrogens with zero attached hydrogens (tertiary/aromatic N) is 2. The Bertz CT molecular complexity index is 1440. The minimum Gasteiger partial charge on any atom is -0.423 e. The maximum atomic E-state index is 12.6. The van der Waals surface area contributed by atoms with Crippen molar-refractivity contribution in [3.63, 3.8) is 0 Å². The molecule has 1 aromatic heterocycles. The second-order valence-electron chi connectivity index (χ2n) is 9.14. The lowest BCUT2D eigenvalue weighted by Gasteiger charge is -2.26. The lowest BCUT2D eigenvalue weighted by Crippen LogP contribution is -2.41. The van der Waals surface area contributed by atoms with Crippen LogP contribution in [-0.4, -0.2) is 61.7 Å². The van der Waals surface area contributed by atoms with E-state index in [9.17, 15) is 9.59 Å². The number of rotatable bonds is 9. The van der Waals surface area contributed by atoms with Crippen molar-refractivity contribution in [2.75, 3.05) is 45.3 Å². The topological polar surface area (TPSA) is 120 Å². The molecule has 9 nitrogen and oxygen atoms in total. The fourth-order valence-corrected chi connectivity index (χ4v) is 4.53. The van der Waals surface area contributed by atoms with Crippen LogP contribution in [-0.2, 0) is 27.1 Å². The minimum absolute atomic E-state index is 0.114. The van der Waals surface area contributed by atoms with E-state index in [0.717, 1.165) is 27.9 Å². The van der Waals surface area contributed by atoms with Gasteiger partial charge in [-0.15, -0.1) is 0 Å². The molecule has 0 unspecified atom stereocenters. The number of benzene rings is 3. The highest BCUT2D eigenvalue weighted by molar-refractivity contribution is 5.94. The van der Waals surface area contributed by atoms with Crippen molar-refractivity contribution in [2.45, 2.75) is 12.8 Å². The van der Waals surface area contributed by atoms with Gasteiger partial charge in [0.2, 0.25) is 11.8 Å². The molecule has 2 heterocycles. The molecule has 3 N–H and O–H groups in total. The molecule has 4 aromatic rings. The van der Waals surface area contributed by atoms with Crippen molar-refractivity contribution in [2.24, 2.45) is 5.73 Å². The van der Waals surface area contributed by atoms with E-state index >= 15 is 0 Å². The van der Waals surface area contributed by atoms with Crippen LogP contribution in [0.15, 0.2) is 65.1 Å². The highest BCUT2D eigenvalue weighted by Gasteiger charge is 2.18. The predicted molar refractivity (Wildman–Crippen MR) is 144 cm³/mol. The summed E-state index contributed by atoms with van der Waals surface area (Å²) in [5.74, 6) is -0.374. The Morgan fingerprint density at radius 3 is 2.61 bits per heavy atom. The van der Waals surface area contributed by atoms with Crippen LogP contribution in [0, 0.1) is 0 Å². The van der Waals surface area contributed by atoms with Crippen LogP contribution < -0.4 is 11.1 Å². The summed E-state index contributed by atoms with van der Waals surface area (Å²) in [6.45, 7) is 2.96. The lowest BCUT2D eigenvalue weighted by atomic mass is 10.0. The van der Waals surface area contributed by atoms with Crippen molar-refractivity contribution < 1.29 is 23.5 Å². The van der Waals surface area contributed by atoms with Gasteiger partial charge < -0.3 is 29.8 Å². The van der Waals surface area contributed by atoms with Crippen molar-refractivity contribution in [3.05, 3.63) is 77.4 Å². The molecule has 0 bridgehead atoms. The van der Waals surface area contributed by atoms with Crippen molar-refractivity contribution >= 4 is 34.6 Å². The van der Waals surface area contributed by atoms with Crippen molar-refractivity contribution in [3.8, 4) is 11.1 Å². The van der Waals surface area contributed by atoms with Crippen LogP contribution in [0.1, 0.15) is 21.5 Å². The van der Waals surface area contributed by atoms with E-state index in [4.69, 9.17) is 19.6 Å². The minimum atomic E-state index is -0.488. The number of morpholine rings is 1. The summed E-state index contributed by atoms with van der Waals surface area (Å²) < 4.78 is 16.7. The van der Waals surface area contributed by atoms with Gasteiger partial charge in [-0.2, -0.15) is 4.98 Å². The number of hydrogen-bond acceptors (Lipinski definition) is 7. The Hall–Kier alpha value is -4.21. The predicted octanol–water partition coefficient (Wildman–Crippen LogP) is 3.93. The monoisotopic (exact) mass is 514 g/mol. The number of ether oxygens (including phenoxy) is 2. The fourth-order valence-electron chi connectivity index (χ4n) is 4.53. The van der Waals surface area contributed by atoms with Crippen LogP contribution in [0.5, 0.6) is 0 Å². The largest absolute Gasteiger partial charge is 0.423 e. The summed E-state index contributed by atoms with van der Waals surface area (Å²) in [5, 5.41) is 3.24. The molecule has 38 heavy (non-hydrogen) atoms. The zero-order chi connectivity index (χ0) is 26.5. The number of nitrogens with one attached hydrogen (secondary N) is 1. The number of primary amides is 1. The normalized spacial score (nSPS) is 13.6. The lowest BCUT2D eigenvalue weighted by molar-refractivity contribution is -0.134. The number of anilines is 2. The number of oxazole rings is 1. The molecule has 9 heteroatoms. The third-order valence-corrected chi connectivity index (χ3v) is 6.61. The number of nitrogens with two attached hydrogens (primary N) is 1. The first-order valence-electron chi connectivity index (χ1n) is 12.5. The van der Waals surface area contributed by atoms with Crippen molar-refractivity contribution in [1.82, 2.24) is 9.88 Å². The van der Waals surface area contributed by atoms with E-state index in [1.54, 1.807) is 25.3 Å². The van der Waals surface area contributed by atoms with E-state index < -0.39 is 5.91 Å². The van der Waals surface area contributed by atoms with Gasteiger partial charge in [0, 0.05) is 37.0 Å². The average molecular weight is 515 g/mol. The zero-order valence-electron chi connectivity index (χ0n) is 21.2. The molecule has 0 saturated carbocycles. The first-order chi connectivity index (χ1) is 18.5. The number of amides is 2. The molecule has 0 atom stereocenters. The number of para-hydroxylation sites is 1. The quantitative estimate of drug-likeness (QED) is 0.347. The molecule has 5 rings (SSSR count). The van der Waals surface area contributed by atoms with Crippen LogP contribution in [0.3, 0.4) is 0 Å². The van der Waals surface area contributed by atoms with E-state index in [0.29, 0.717) is 68.4 Å².